The van der Waals surface area contributed by atoms with Crippen molar-refractivity contribution < 1.29 is 33.7 Å². The van der Waals surface area contributed by atoms with Gasteiger partial charge in [0.25, 0.3) is 0 Å². The van der Waals surface area contributed by atoms with Gasteiger partial charge in [-0.3, -0.25) is 9.59 Å². The molecule has 1 aliphatic heterocycles. The smallest absolute Gasteiger partial charge is 0.335 e. The van der Waals surface area contributed by atoms with Crippen LogP contribution < -0.4 is 0 Å². The molecular weight excluding hydrogens is 504 g/mol. The van der Waals surface area contributed by atoms with E-state index in [2.05, 4.69) is 19.1 Å². The molecule has 0 radical (unpaired) electrons. The van der Waals surface area contributed by atoms with E-state index < -0.39 is 36.2 Å². The number of carbonyl (C=O) groups is 3. The Balaban J connectivity index is 1.61. The van der Waals surface area contributed by atoms with E-state index in [1.807, 2.05) is 44.2 Å². The highest BCUT2D eigenvalue weighted by molar-refractivity contribution is 7.15. The third-order valence-corrected chi connectivity index (χ3v) is 8.12. The molecular formula is C30H32O7S. The Morgan fingerprint density at radius 1 is 0.921 bits per heavy atom. The average Bonchev–Trinajstić information content (AvgIpc) is 3.33. The maximum Gasteiger partial charge on any atom is 0.335 e. The van der Waals surface area contributed by atoms with Gasteiger partial charge in [-0.25, -0.2) is 4.79 Å². The molecule has 200 valence electrons. The lowest BCUT2D eigenvalue weighted by atomic mass is 9.85. The summed E-state index contributed by atoms with van der Waals surface area (Å²) in [5.41, 5.74) is 4.31. The molecule has 0 saturated carbocycles. The SMILES string of the molecule is CC(=O)O[C@H]1[C@H](C)[C@@H](C)OC(c2ccc(C)c(Cc3ccc(-c4ccc(C(=O)O)cc4)s3)c2)[C@@H]1OC(C)=O. The number of carbonyl (C=O) groups excluding carboxylic acids is 2. The van der Waals surface area contributed by atoms with E-state index in [-0.39, 0.29) is 17.6 Å². The Morgan fingerprint density at radius 2 is 1.58 bits per heavy atom. The van der Waals surface area contributed by atoms with Crippen LogP contribution >= 0.6 is 11.3 Å². The van der Waals surface area contributed by atoms with Gasteiger partial charge in [-0.2, -0.15) is 0 Å². The molecule has 1 saturated heterocycles. The molecule has 0 bridgehead atoms. The zero-order valence-electron chi connectivity index (χ0n) is 22.1. The van der Waals surface area contributed by atoms with Crippen LogP contribution in [0.15, 0.2) is 54.6 Å². The molecule has 0 spiro atoms. The molecule has 1 aliphatic rings. The number of aromatic carboxylic acids is 1. The molecule has 38 heavy (non-hydrogen) atoms. The average molecular weight is 537 g/mol. The number of benzene rings is 2. The van der Waals surface area contributed by atoms with Crippen molar-refractivity contribution in [1.82, 2.24) is 0 Å². The number of hydrogen-bond acceptors (Lipinski definition) is 7. The second kappa shape index (κ2) is 11.5. The van der Waals surface area contributed by atoms with Gasteiger partial charge in [-0.05, 0) is 60.4 Å². The van der Waals surface area contributed by atoms with Gasteiger partial charge in [0.05, 0.1) is 11.7 Å². The van der Waals surface area contributed by atoms with E-state index in [1.165, 1.54) is 13.8 Å². The Bertz CT molecular complexity index is 1330. The molecule has 1 aromatic heterocycles. The van der Waals surface area contributed by atoms with Crippen molar-refractivity contribution in [2.75, 3.05) is 0 Å². The van der Waals surface area contributed by atoms with Crippen LogP contribution in [0.3, 0.4) is 0 Å². The summed E-state index contributed by atoms with van der Waals surface area (Å²) in [6, 6.07) is 17.1. The van der Waals surface area contributed by atoms with Gasteiger partial charge in [0.2, 0.25) is 0 Å². The number of ether oxygens (including phenoxy) is 3. The fourth-order valence-corrected chi connectivity index (χ4v) is 5.81. The van der Waals surface area contributed by atoms with Crippen LogP contribution in [0.4, 0.5) is 0 Å². The van der Waals surface area contributed by atoms with Crippen LogP contribution in [0.2, 0.25) is 0 Å². The zero-order chi connectivity index (χ0) is 27.6. The van der Waals surface area contributed by atoms with Crippen molar-refractivity contribution in [1.29, 1.82) is 0 Å². The summed E-state index contributed by atoms with van der Waals surface area (Å²) < 4.78 is 17.6. The lowest BCUT2D eigenvalue weighted by Gasteiger charge is -2.43. The maximum absolute atomic E-state index is 12.0. The zero-order valence-corrected chi connectivity index (χ0v) is 22.9. The predicted molar refractivity (Wildman–Crippen MR) is 144 cm³/mol. The van der Waals surface area contributed by atoms with Gasteiger partial charge >= 0.3 is 17.9 Å². The first-order valence-electron chi connectivity index (χ1n) is 12.5. The minimum atomic E-state index is -0.945. The third-order valence-electron chi connectivity index (χ3n) is 6.99. The number of carboxylic acid groups (broad SMARTS) is 1. The first-order valence-corrected chi connectivity index (χ1v) is 13.4. The number of thiophene rings is 1. The van der Waals surface area contributed by atoms with Crippen LogP contribution in [-0.4, -0.2) is 41.3 Å². The highest BCUT2D eigenvalue weighted by atomic mass is 32.1. The molecule has 1 fully saturated rings. The second-order valence-corrected chi connectivity index (χ2v) is 10.9. The molecule has 3 aromatic rings. The van der Waals surface area contributed by atoms with Gasteiger partial charge in [-0.15, -0.1) is 11.3 Å². The van der Waals surface area contributed by atoms with Crippen molar-refractivity contribution >= 4 is 29.2 Å². The Hall–Kier alpha value is -3.49. The van der Waals surface area contributed by atoms with Crippen LogP contribution in [0.1, 0.15) is 65.7 Å². The fraction of sp³-hybridized carbons (Fsp3) is 0.367. The summed E-state index contributed by atoms with van der Waals surface area (Å²) in [4.78, 5) is 37.2. The Labute approximate surface area is 226 Å². The summed E-state index contributed by atoms with van der Waals surface area (Å²) >= 11 is 1.66. The summed E-state index contributed by atoms with van der Waals surface area (Å²) in [5, 5.41) is 9.14. The van der Waals surface area contributed by atoms with Crippen LogP contribution in [-0.2, 0) is 30.2 Å². The molecule has 1 N–H and O–H groups in total. The monoisotopic (exact) mass is 536 g/mol. The van der Waals surface area contributed by atoms with Crippen molar-refractivity contribution in [3.05, 3.63) is 81.7 Å². The second-order valence-electron chi connectivity index (χ2n) is 9.78. The molecule has 2 heterocycles. The molecule has 1 unspecified atom stereocenters. The van der Waals surface area contributed by atoms with Gasteiger partial charge in [-0.1, -0.05) is 37.3 Å². The highest BCUT2D eigenvalue weighted by Gasteiger charge is 2.47. The summed E-state index contributed by atoms with van der Waals surface area (Å²) in [7, 11) is 0. The van der Waals surface area contributed by atoms with Crippen molar-refractivity contribution in [3.8, 4) is 10.4 Å². The molecule has 8 heteroatoms. The molecule has 0 amide bonds. The molecule has 5 atom stereocenters. The minimum Gasteiger partial charge on any atom is -0.478 e. The fourth-order valence-electron chi connectivity index (χ4n) is 4.78. The van der Waals surface area contributed by atoms with E-state index in [4.69, 9.17) is 19.3 Å². The van der Waals surface area contributed by atoms with Crippen LogP contribution in [0.25, 0.3) is 10.4 Å². The first-order chi connectivity index (χ1) is 18.0. The number of esters is 2. The normalized spacial score (nSPS) is 23.0. The van der Waals surface area contributed by atoms with Gasteiger partial charge in [0.1, 0.15) is 12.2 Å². The Kier molecular flexibility index (Phi) is 8.33. The van der Waals surface area contributed by atoms with Gasteiger partial charge in [0, 0.05) is 35.9 Å². The lowest BCUT2D eigenvalue weighted by molar-refractivity contribution is -0.222. The van der Waals surface area contributed by atoms with E-state index >= 15 is 0 Å². The van der Waals surface area contributed by atoms with Crippen LogP contribution in [0, 0.1) is 12.8 Å². The van der Waals surface area contributed by atoms with Crippen molar-refractivity contribution in [2.24, 2.45) is 5.92 Å². The highest BCUT2D eigenvalue weighted by Crippen LogP contribution is 2.39. The number of hydrogen-bond donors (Lipinski definition) is 1. The van der Waals surface area contributed by atoms with Gasteiger partial charge < -0.3 is 19.3 Å². The summed E-state index contributed by atoms with van der Waals surface area (Å²) in [6.07, 6.45) is -1.49. The number of carboxylic acids is 1. The number of rotatable bonds is 7. The third kappa shape index (κ3) is 6.14. The maximum atomic E-state index is 12.0. The van der Waals surface area contributed by atoms with E-state index in [0.717, 1.165) is 32.0 Å². The summed E-state index contributed by atoms with van der Waals surface area (Å²) in [5.74, 6) is -1.99. The topological polar surface area (TPSA) is 99.1 Å². The molecule has 0 aliphatic carbocycles. The van der Waals surface area contributed by atoms with Crippen LogP contribution in [0.5, 0.6) is 0 Å². The van der Waals surface area contributed by atoms with E-state index in [0.29, 0.717) is 6.42 Å². The van der Waals surface area contributed by atoms with Crippen molar-refractivity contribution in [3.63, 3.8) is 0 Å². The molecule has 4 rings (SSSR count). The Morgan fingerprint density at radius 3 is 2.21 bits per heavy atom. The minimum absolute atomic E-state index is 0.154. The largest absolute Gasteiger partial charge is 0.478 e. The summed E-state index contributed by atoms with van der Waals surface area (Å²) in [6.45, 7) is 8.61. The van der Waals surface area contributed by atoms with E-state index in [9.17, 15) is 14.4 Å². The first kappa shape index (κ1) is 27.5. The standard InChI is InChI=1S/C30H32O7S/c1-16-6-7-23(28-29(37-20(5)32)27(36-19(4)31)17(2)18(3)35-28)14-24(16)15-25-12-13-26(38-25)21-8-10-22(11-9-21)30(33)34/h6-14,17-18,27-29H,15H2,1-5H3,(H,33,34)/t17-,18-,27+,28?,29-/m1/s1. The van der Waals surface area contributed by atoms with Crippen molar-refractivity contribution in [2.45, 2.75) is 65.5 Å². The van der Waals surface area contributed by atoms with Gasteiger partial charge in [0.15, 0.2) is 6.10 Å². The lowest BCUT2D eigenvalue weighted by Crippen LogP contribution is -2.52. The molecule has 2 aromatic carbocycles. The van der Waals surface area contributed by atoms with E-state index in [1.54, 1.807) is 23.5 Å². The quantitative estimate of drug-likeness (QED) is 0.371. The molecule has 7 nitrogen and oxygen atoms in total. The number of aryl methyl sites for hydroxylation is 1. The predicted octanol–water partition coefficient (Wildman–Crippen LogP) is 5.97.